The van der Waals surface area contributed by atoms with Gasteiger partial charge in [-0.25, -0.2) is 15.0 Å². The van der Waals surface area contributed by atoms with E-state index in [2.05, 4.69) is 193 Å². The molecule has 1 aromatic heterocycles. The van der Waals surface area contributed by atoms with Gasteiger partial charge in [-0.3, -0.25) is 0 Å². The predicted octanol–water partition coefficient (Wildman–Crippen LogP) is 11.2. The molecule has 3 heteroatoms. The first-order chi connectivity index (χ1) is 25.1. The molecule has 9 rings (SSSR count). The standard InChI is InChI=1S/C49H43N3/c1-46(2,32-19-9-7-10-20-32)43-50-44(47(3,4)33-21-11-8-12-22-33)52-45(51-43)48(5,6)34-29-30-38-37-25-15-18-28-41(37)49(42(38)31-34)39-26-16-13-23-35(39)36-24-14-17-27-40(36)49/h7-31H,1-6H3. The molecule has 52 heavy (non-hydrogen) atoms. The molecule has 0 fully saturated rings. The van der Waals surface area contributed by atoms with Crippen LogP contribution in [0.1, 0.15) is 98.0 Å². The van der Waals surface area contributed by atoms with Crippen molar-refractivity contribution in [2.75, 3.05) is 0 Å². The Bertz CT molecular complexity index is 2360. The van der Waals surface area contributed by atoms with E-state index >= 15 is 0 Å². The number of hydrogen-bond donors (Lipinski definition) is 0. The minimum atomic E-state index is -0.547. The second-order valence-electron chi connectivity index (χ2n) is 16.1. The highest BCUT2D eigenvalue weighted by atomic mass is 15.1. The summed E-state index contributed by atoms with van der Waals surface area (Å²) in [6.07, 6.45) is 0. The highest BCUT2D eigenvalue weighted by molar-refractivity contribution is 5.95. The zero-order chi connectivity index (χ0) is 35.9. The summed E-state index contributed by atoms with van der Waals surface area (Å²) in [5.74, 6) is 2.33. The zero-order valence-corrected chi connectivity index (χ0v) is 30.8. The van der Waals surface area contributed by atoms with Crippen molar-refractivity contribution < 1.29 is 0 Å². The van der Waals surface area contributed by atoms with Gasteiger partial charge in [-0.05, 0) is 103 Å². The van der Waals surface area contributed by atoms with Crippen molar-refractivity contribution in [2.24, 2.45) is 0 Å². The lowest BCUT2D eigenvalue weighted by atomic mass is 9.69. The van der Waals surface area contributed by atoms with E-state index < -0.39 is 21.7 Å². The smallest absolute Gasteiger partial charge is 0.142 e. The lowest BCUT2D eigenvalue weighted by Crippen LogP contribution is -2.33. The van der Waals surface area contributed by atoms with Gasteiger partial charge in [0.2, 0.25) is 0 Å². The van der Waals surface area contributed by atoms with Crippen molar-refractivity contribution in [3.05, 3.63) is 208 Å². The first kappa shape index (κ1) is 32.3. The van der Waals surface area contributed by atoms with Gasteiger partial charge < -0.3 is 0 Å². The van der Waals surface area contributed by atoms with Crippen molar-refractivity contribution in [1.82, 2.24) is 15.0 Å². The Morgan fingerprint density at radius 2 is 0.654 bits per heavy atom. The first-order valence-electron chi connectivity index (χ1n) is 18.4. The second kappa shape index (κ2) is 11.4. The van der Waals surface area contributed by atoms with E-state index in [0.29, 0.717) is 0 Å². The Morgan fingerprint density at radius 1 is 0.327 bits per heavy atom. The van der Waals surface area contributed by atoms with Gasteiger partial charge in [0, 0.05) is 16.2 Å². The van der Waals surface area contributed by atoms with Crippen molar-refractivity contribution in [3.63, 3.8) is 0 Å². The molecule has 0 amide bonds. The van der Waals surface area contributed by atoms with Gasteiger partial charge >= 0.3 is 0 Å². The maximum absolute atomic E-state index is 5.41. The molecular formula is C49H43N3. The summed E-state index contributed by atoms with van der Waals surface area (Å²) < 4.78 is 0. The first-order valence-corrected chi connectivity index (χ1v) is 18.4. The van der Waals surface area contributed by atoms with Gasteiger partial charge in [-0.15, -0.1) is 0 Å². The molecule has 0 saturated carbocycles. The Labute approximate surface area is 307 Å². The van der Waals surface area contributed by atoms with Gasteiger partial charge in [0.1, 0.15) is 17.5 Å². The molecule has 0 N–H and O–H groups in total. The topological polar surface area (TPSA) is 38.7 Å². The molecule has 0 radical (unpaired) electrons. The van der Waals surface area contributed by atoms with Crippen LogP contribution < -0.4 is 0 Å². The largest absolute Gasteiger partial charge is 0.216 e. The molecule has 7 aromatic rings. The summed E-state index contributed by atoms with van der Waals surface area (Å²) in [4.78, 5) is 16.1. The average Bonchev–Trinajstić information content (AvgIpc) is 3.65. The van der Waals surface area contributed by atoms with Crippen molar-refractivity contribution >= 4 is 0 Å². The maximum Gasteiger partial charge on any atom is 0.142 e. The van der Waals surface area contributed by atoms with Crippen molar-refractivity contribution in [3.8, 4) is 22.3 Å². The van der Waals surface area contributed by atoms with Gasteiger partial charge in [0.25, 0.3) is 0 Å². The molecular weight excluding hydrogens is 631 g/mol. The Kier molecular flexibility index (Phi) is 7.08. The molecule has 2 aliphatic rings. The molecule has 1 heterocycles. The van der Waals surface area contributed by atoms with Crippen molar-refractivity contribution in [2.45, 2.75) is 63.2 Å². The number of nitrogens with zero attached hydrogens (tertiary/aromatic N) is 3. The third kappa shape index (κ3) is 4.48. The van der Waals surface area contributed by atoms with Gasteiger partial charge in [-0.2, -0.15) is 0 Å². The summed E-state index contributed by atoms with van der Waals surface area (Å²) in [6, 6.07) is 55.2. The fourth-order valence-corrected chi connectivity index (χ4v) is 8.80. The molecule has 2 aliphatic carbocycles. The lowest BCUT2D eigenvalue weighted by Gasteiger charge is -2.33. The van der Waals surface area contributed by atoms with E-state index in [-0.39, 0.29) is 0 Å². The van der Waals surface area contributed by atoms with Crippen molar-refractivity contribution in [1.29, 1.82) is 0 Å². The highest BCUT2D eigenvalue weighted by Crippen LogP contribution is 2.63. The minimum Gasteiger partial charge on any atom is -0.216 e. The quantitative estimate of drug-likeness (QED) is 0.176. The van der Waals surface area contributed by atoms with Crippen LogP contribution >= 0.6 is 0 Å². The van der Waals surface area contributed by atoms with Crippen LogP contribution in [0.2, 0.25) is 0 Å². The molecule has 1 spiro atoms. The van der Waals surface area contributed by atoms with E-state index in [9.17, 15) is 0 Å². The summed E-state index contributed by atoms with van der Waals surface area (Å²) >= 11 is 0. The lowest BCUT2D eigenvalue weighted by molar-refractivity contribution is 0.494. The van der Waals surface area contributed by atoms with Gasteiger partial charge in [0.15, 0.2) is 0 Å². The number of benzene rings is 6. The fourth-order valence-electron chi connectivity index (χ4n) is 8.80. The third-order valence-corrected chi connectivity index (χ3v) is 12.0. The molecule has 6 aromatic carbocycles. The van der Waals surface area contributed by atoms with Crippen LogP contribution in [-0.2, 0) is 21.7 Å². The van der Waals surface area contributed by atoms with Crippen LogP contribution in [0.3, 0.4) is 0 Å². The molecule has 0 atom stereocenters. The number of fused-ring (bicyclic) bond motifs is 10. The highest BCUT2D eigenvalue weighted by Gasteiger charge is 2.52. The van der Waals surface area contributed by atoms with Crippen LogP contribution in [0.4, 0.5) is 0 Å². The molecule has 0 aliphatic heterocycles. The summed E-state index contributed by atoms with van der Waals surface area (Å²) in [5, 5.41) is 0. The van der Waals surface area contributed by atoms with Crippen LogP contribution in [0, 0.1) is 0 Å². The Balaban J connectivity index is 1.27. The second-order valence-corrected chi connectivity index (χ2v) is 16.1. The Hall–Kier alpha value is -5.67. The maximum atomic E-state index is 5.41. The van der Waals surface area contributed by atoms with E-state index in [0.717, 1.165) is 17.5 Å². The number of aromatic nitrogens is 3. The van der Waals surface area contributed by atoms with E-state index in [1.54, 1.807) is 0 Å². The van der Waals surface area contributed by atoms with Crippen LogP contribution in [0.25, 0.3) is 22.3 Å². The third-order valence-electron chi connectivity index (χ3n) is 12.0. The predicted molar refractivity (Wildman–Crippen MR) is 212 cm³/mol. The molecule has 0 saturated heterocycles. The van der Waals surface area contributed by atoms with Gasteiger partial charge in [-0.1, -0.05) is 152 Å². The summed E-state index contributed by atoms with van der Waals surface area (Å²) in [7, 11) is 0. The van der Waals surface area contributed by atoms with E-state index in [1.165, 1.54) is 61.2 Å². The summed E-state index contributed by atoms with van der Waals surface area (Å²) in [5.41, 5.74) is 12.2. The molecule has 0 bridgehead atoms. The normalized spacial score (nSPS) is 14.1. The SMILES string of the molecule is CC(C)(c1ccccc1)c1nc(C(C)(C)c2ccccc2)nc(C(C)(C)c2ccc3c(c2)C2(c4ccccc4-c4ccccc42)c2ccccc2-3)n1. The molecule has 3 nitrogen and oxygen atoms in total. The zero-order valence-electron chi connectivity index (χ0n) is 30.8. The van der Waals surface area contributed by atoms with Crippen LogP contribution in [0.15, 0.2) is 152 Å². The molecule has 0 unspecified atom stereocenters. The Morgan fingerprint density at radius 3 is 1.06 bits per heavy atom. The van der Waals surface area contributed by atoms with Crippen LogP contribution in [-0.4, -0.2) is 15.0 Å². The minimum absolute atomic E-state index is 0.411. The van der Waals surface area contributed by atoms with E-state index in [1.807, 2.05) is 0 Å². The monoisotopic (exact) mass is 673 g/mol. The van der Waals surface area contributed by atoms with Crippen LogP contribution in [0.5, 0.6) is 0 Å². The summed E-state index contributed by atoms with van der Waals surface area (Å²) in [6.45, 7) is 13.4. The number of hydrogen-bond acceptors (Lipinski definition) is 3. The number of rotatable bonds is 6. The van der Waals surface area contributed by atoms with Gasteiger partial charge in [0.05, 0.1) is 5.41 Å². The van der Waals surface area contributed by atoms with E-state index in [4.69, 9.17) is 15.0 Å². The average molecular weight is 674 g/mol. The molecule has 254 valence electrons. The fraction of sp³-hybridized carbons (Fsp3) is 0.204.